The number of hydrogen-bond acceptors (Lipinski definition) is 2. The van der Waals surface area contributed by atoms with Gasteiger partial charge in [0, 0.05) is 0 Å². The lowest BCUT2D eigenvalue weighted by Gasteiger charge is -2.20. The number of para-hydroxylation sites is 2. The van der Waals surface area contributed by atoms with Crippen LogP contribution in [0.15, 0.2) is 66.7 Å². The summed E-state index contributed by atoms with van der Waals surface area (Å²) in [6, 6.07) is 22.0. The average molecular weight is 357 g/mol. The standard InChI is InChI=1S/C23H23N3O/c1-15(2)22(23-24-19-12-5-6-13-20(19)25-23)26-21(27)14-17-10-7-9-16-8-3-4-11-18(16)17/h3-13,15,22H,14H2,1-2H3,(H,24,25)(H,26,27)/t22-/m1/s1. The molecule has 0 saturated carbocycles. The fourth-order valence-electron chi connectivity index (χ4n) is 3.51. The van der Waals surface area contributed by atoms with Crippen molar-refractivity contribution in [1.29, 1.82) is 0 Å². The number of rotatable bonds is 5. The van der Waals surface area contributed by atoms with Crippen molar-refractivity contribution in [3.05, 3.63) is 78.1 Å². The third-order valence-corrected chi connectivity index (χ3v) is 4.92. The topological polar surface area (TPSA) is 57.8 Å². The summed E-state index contributed by atoms with van der Waals surface area (Å²) in [7, 11) is 0. The van der Waals surface area contributed by atoms with Crippen LogP contribution in [0, 0.1) is 5.92 Å². The molecule has 4 rings (SSSR count). The van der Waals surface area contributed by atoms with E-state index >= 15 is 0 Å². The van der Waals surface area contributed by atoms with Gasteiger partial charge in [0.15, 0.2) is 0 Å². The van der Waals surface area contributed by atoms with Crippen LogP contribution in [-0.2, 0) is 11.2 Å². The smallest absolute Gasteiger partial charge is 0.225 e. The number of aromatic nitrogens is 2. The number of fused-ring (bicyclic) bond motifs is 2. The fraction of sp³-hybridized carbons (Fsp3) is 0.217. The fourth-order valence-corrected chi connectivity index (χ4v) is 3.51. The van der Waals surface area contributed by atoms with Crippen molar-refractivity contribution in [1.82, 2.24) is 15.3 Å². The molecule has 3 aromatic carbocycles. The van der Waals surface area contributed by atoms with Gasteiger partial charge < -0.3 is 10.3 Å². The molecule has 1 atom stereocenters. The molecule has 1 heterocycles. The van der Waals surface area contributed by atoms with Crippen molar-refractivity contribution < 1.29 is 4.79 Å². The summed E-state index contributed by atoms with van der Waals surface area (Å²) in [6.07, 6.45) is 0.352. The Morgan fingerprint density at radius 1 is 1.00 bits per heavy atom. The number of nitrogens with one attached hydrogen (secondary N) is 2. The molecule has 0 radical (unpaired) electrons. The van der Waals surface area contributed by atoms with Crippen LogP contribution in [0.5, 0.6) is 0 Å². The van der Waals surface area contributed by atoms with Gasteiger partial charge in [-0.25, -0.2) is 4.98 Å². The summed E-state index contributed by atoms with van der Waals surface area (Å²) in [5, 5.41) is 5.45. The molecule has 136 valence electrons. The SMILES string of the molecule is CC(C)[C@@H](NC(=O)Cc1cccc2ccccc12)c1nc2ccccc2[nH]1. The zero-order chi connectivity index (χ0) is 18.8. The number of amides is 1. The third-order valence-electron chi connectivity index (χ3n) is 4.92. The van der Waals surface area contributed by atoms with Crippen LogP contribution in [-0.4, -0.2) is 15.9 Å². The molecule has 4 nitrogen and oxygen atoms in total. The molecule has 0 unspecified atom stereocenters. The summed E-state index contributed by atoms with van der Waals surface area (Å²) >= 11 is 0. The monoisotopic (exact) mass is 357 g/mol. The predicted octanol–water partition coefficient (Wildman–Crippen LogP) is 4.77. The van der Waals surface area contributed by atoms with Gasteiger partial charge in [0.25, 0.3) is 0 Å². The van der Waals surface area contributed by atoms with E-state index in [2.05, 4.69) is 47.3 Å². The van der Waals surface area contributed by atoms with Crippen LogP contribution in [0.1, 0.15) is 31.3 Å². The van der Waals surface area contributed by atoms with Gasteiger partial charge in [0.05, 0.1) is 23.5 Å². The molecule has 0 saturated heterocycles. The molecular formula is C23H23N3O. The normalized spacial score (nSPS) is 12.6. The summed E-state index contributed by atoms with van der Waals surface area (Å²) in [4.78, 5) is 20.8. The number of hydrogen-bond donors (Lipinski definition) is 2. The number of H-pyrrole nitrogens is 1. The summed E-state index contributed by atoms with van der Waals surface area (Å²) < 4.78 is 0. The second-order valence-electron chi connectivity index (χ2n) is 7.24. The predicted molar refractivity (Wildman–Crippen MR) is 109 cm³/mol. The van der Waals surface area contributed by atoms with Crippen molar-refractivity contribution in [2.75, 3.05) is 0 Å². The molecular weight excluding hydrogens is 334 g/mol. The zero-order valence-corrected chi connectivity index (χ0v) is 15.6. The number of aromatic amines is 1. The van der Waals surface area contributed by atoms with Crippen LogP contribution < -0.4 is 5.32 Å². The molecule has 27 heavy (non-hydrogen) atoms. The van der Waals surface area contributed by atoms with Crippen LogP contribution in [0.4, 0.5) is 0 Å². The van der Waals surface area contributed by atoms with Crippen molar-refractivity contribution in [3.8, 4) is 0 Å². The highest BCUT2D eigenvalue weighted by Gasteiger charge is 2.22. The Morgan fingerprint density at radius 3 is 2.56 bits per heavy atom. The molecule has 1 aromatic heterocycles. The highest BCUT2D eigenvalue weighted by Crippen LogP contribution is 2.23. The Morgan fingerprint density at radius 2 is 1.74 bits per heavy atom. The maximum absolute atomic E-state index is 12.8. The lowest BCUT2D eigenvalue weighted by atomic mass is 10.0. The molecule has 4 aromatic rings. The number of carbonyl (C=O) groups is 1. The van der Waals surface area contributed by atoms with Gasteiger partial charge in [0.1, 0.15) is 5.82 Å². The molecule has 1 amide bonds. The number of benzene rings is 3. The lowest BCUT2D eigenvalue weighted by molar-refractivity contribution is -0.121. The molecule has 0 spiro atoms. The van der Waals surface area contributed by atoms with E-state index in [9.17, 15) is 4.79 Å². The first kappa shape index (κ1) is 17.3. The summed E-state index contributed by atoms with van der Waals surface area (Å²) in [6.45, 7) is 4.19. The Kier molecular flexibility index (Phi) is 4.63. The van der Waals surface area contributed by atoms with E-state index in [1.807, 2.05) is 48.5 Å². The maximum atomic E-state index is 12.8. The molecule has 0 aliphatic heterocycles. The summed E-state index contributed by atoms with van der Waals surface area (Å²) in [5.41, 5.74) is 2.95. The van der Waals surface area contributed by atoms with Crippen molar-refractivity contribution in [2.45, 2.75) is 26.3 Å². The largest absolute Gasteiger partial charge is 0.346 e. The quantitative estimate of drug-likeness (QED) is 0.540. The number of nitrogens with zero attached hydrogens (tertiary/aromatic N) is 1. The second kappa shape index (κ2) is 7.23. The lowest BCUT2D eigenvalue weighted by Crippen LogP contribution is -2.33. The van der Waals surface area contributed by atoms with Crippen LogP contribution in [0.2, 0.25) is 0 Å². The minimum atomic E-state index is -0.153. The molecule has 0 aliphatic carbocycles. The van der Waals surface area contributed by atoms with Crippen molar-refractivity contribution in [3.63, 3.8) is 0 Å². The van der Waals surface area contributed by atoms with E-state index in [1.54, 1.807) is 0 Å². The Hall–Kier alpha value is -3.14. The molecule has 4 heteroatoms. The van der Waals surface area contributed by atoms with E-state index < -0.39 is 0 Å². The minimum absolute atomic E-state index is 0.00510. The first-order valence-corrected chi connectivity index (χ1v) is 9.32. The van der Waals surface area contributed by atoms with E-state index in [0.717, 1.165) is 33.2 Å². The van der Waals surface area contributed by atoms with Crippen LogP contribution in [0.25, 0.3) is 21.8 Å². The van der Waals surface area contributed by atoms with E-state index in [-0.39, 0.29) is 17.9 Å². The van der Waals surface area contributed by atoms with Gasteiger partial charge in [-0.2, -0.15) is 0 Å². The molecule has 0 aliphatic rings. The minimum Gasteiger partial charge on any atom is -0.346 e. The van der Waals surface area contributed by atoms with Gasteiger partial charge in [-0.05, 0) is 34.4 Å². The molecule has 0 fully saturated rings. The number of carbonyl (C=O) groups excluding carboxylic acids is 1. The van der Waals surface area contributed by atoms with E-state index in [1.165, 1.54) is 0 Å². The Bertz CT molecular complexity index is 1060. The Balaban J connectivity index is 1.57. The molecule has 0 bridgehead atoms. The average Bonchev–Trinajstić information content (AvgIpc) is 3.10. The van der Waals surface area contributed by atoms with Gasteiger partial charge in [-0.1, -0.05) is 68.4 Å². The molecule has 2 N–H and O–H groups in total. The van der Waals surface area contributed by atoms with Gasteiger partial charge in [-0.3, -0.25) is 4.79 Å². The van der Waals surface area contributed by atoms with Crippen molar-refractivity contribution in [2.24, 2.45) is 5.92 Å². The maximum Gasteiger partial charge on any atom is 0.225 e. The Labute approximate surface area is 158 Å². The highest BCUT2D eigenvalue weighted by atomic mass is 16.1. The van der Waals surface area contributed by atoms with Crippen LogP contribution in [0.3, 0.4) is 0 Å². The van der Waals surface area contributed by atoms with Gasteiger partial charge in [-0.15, -0.1) is 0 Å². The van der Waals surface area contributed by atoms with Crippen molar-refractivity contribution >= 4 is 27.7 Å². The van der Waals surface area contributed by atoms with Crippen LogP contribution >= 0.6 is 0 Å². The van der Waals surface area contributed by atoms with E-state index in [4.69, 9.17) is 0 Å². The first-order chi connectivity index (χ1) is 13.1. The number of imidazole rings is 1. The first-order valence-electron chi connectivity index (χ1n) is 9.32. The highest BCUT2D eigenvalue weighted by molar-refractivity contribution is 5.90. The second-order valence-corrected chi connectivity index (χ2v) is 7.24. The summed E-state index contributed by atoms with van der Waals surface area (Å²) in [5.74, 6) is 1.03. The van der Waals surface area contributed by atoms with E-state index in [0.29, 0.717) is 6.42 Å². The zero-order valence-electron chi connectivity index (χ0n) is 15.6. The van der Waals surface area contributed by atoms with Gasteiger partial charge in [0.2, 0.25) is 5.91 Å². The van der Waals surface area contributed by atoms with Gasteiger partial charge >= 0.3 is 0 Å². The third kappa shape index (κ3) is 3.56.